The molecule has 0 N–H and O–H groups in total. The second-order valence-corrected chi connectivity index (χ2v) is 11.0. The van der Waals surface area contributed by atoms with E-state index in [1.54, 1.807) is 15.9 Å². The number of hydrogen-bond acceptors (Lipinski definition) is 9. The van der Waals surface area contributed by atoms with Crippen LogP contribution in [0.5, 0.6) is 0 Å². The van der Waals surface area contributed by atoms with Crippen LogP contribution in [0.4, 0.5) is 0 Å². The molecule has 35 heavy (non-hydrogen) atoms. The number of thiophene rings is 1. The summed E-state index contributed by atoms with van der Waals surface area (Å²) >= 11 is 4.44. The molecule has 10 heteroatoms. The van der Waals surface area contributed by atoms with Gasteiger partial charge in [-0.3, -0.25) is 14.2 Å². The molecule has 0 aliphatic rings. The number of Topliss-reactive ketones (excluding diaryl/α,β-unsaturated/α-hetero) is 1. The Morgan fingerprint density at radius 2 is 1.89 bits per heavy atom. The first-order valence-corrected chi connectivity index (χ1v) is 13.7. The van der Waals surface area contributed by atoms with Gasteiger partial charge >= 0.3 is 0 Å². The predicted octanol–water partition coefficient (Wildman–Crippen LogP) is 4.83. The van der Waals surface area contributed by atoms with Crippen molar-refractivity contribution in [1.29, 1.82) is 0 Å². The summed E-state index contributed by atoms with van der Waals surface area (Å²) in [6.45, 7) is 2.50. The molecule has 0 saturated heterocycles. The molecule has 0 spiro atoms. The number of aryl methyl sites for hydroxylation is 2. The summed E-state index contributed by atoms with van der Waals surface area (Å²) in [7, 11) is 0. The van der Waals surface area contributed by atoms with Gasteiger partial charge in [-0.05, 0) is 31.0 Å². The maximum atomic E-state index is 13.2. The van der Waals surface area contributed by atoms with Gasteiger partial charge < -0.3 is 0 Å². The molecule has 0 aliphatic heterocycles. The molecular weight excluding hydrogens is 499 g/mol. The van der Waals surface area contributed by atoms with Crippen molar-refractivity contribution in [1.82, 2.24) is 24.5 Å². The van der Waals surface area contributed by atoms with E-state index in [0.717, 1.165) is 21.1 Å². The SMILES string of the molecule is Cc1ccc(-c2csc(CC(=O)CSc3nc4nccnc4c(=O)n3CCc3ccccc3)n2)s1. The maximum Gasteiger partial charge on any atom is 0.282 e. The maximum absolute atomic E-state index is 13.2. The van der Waals surface area contributed by atoms with Crippen LogP contribution in [-0.2, 0) is 24.2 Å². The standard InChI is InChI=1S/C25H21N5O2S3/c1-16-7-8-20(35-16)19-15-33-21(28-19)13-18(31)14-34-25-29-23-22(26-10-11-27-23)24(32)30(25)12-9-17-5-3-2-4-6-17/h2-8,10-11,15H,9,12-14H2,1H3. The zero-order valence-electron chi connectivity index (χ0n) is 18.9. The Morgan fingerprint density at radius 1 is 1.06 bits per heavy atom. The van der Waals surface area contributed by atoms with Crippen LogP contribution in [-0.4, -0.2) is 36.0 Å². The van der Waals surface area contributed by atoms with E-state index >= 15 is 0 Å². The highest BCUT2D eigenvalue weighted by molar-refractivity contribution is 7.99. The van der Waals surface area contributed by atoms with E-state index < -0.39 is 0 Å². The third-order valence-electron chi connectivity index (χ3n) is 5.28. The van der Waals surface area contributed by atoms with Crippen LogP contribution >= 0.6 is 34.4 Å². The number of hydrogen-bond donors (Lipinski definition) is 0. The number of fused-ring (bicyclic) bond motifs is 1. The Balaban J connectivity index is 1.32. The van der Waals surface area contributed by atoms with Gasteiger partial charge in [-0.1, -0.05) is 42.1 Å². The summed E-state index contributed by atoms with van der Waals surface area (Å²) < 4.78 is 1.60. The fourth-order valence-corrected chi connectivity index (χ4v) is 6.16. The Labute approximate surface area is 214 Å². The van der Waals surface area contributed by atoms with Crippen molar-refractivity contribution in [2.45, 2.75) is 31.5 Å². The van der Waals surface area contributed by atoms with Gasteiger partial charge in [0.05, 0.1) is 22.7 Å². The molecule has 0 atom stereocenters. The fourth-order valence-electron chi connectivity index (χ4n) is 3.56. The topological polar surface area (TPSA) is 90.6 Å². The number of aromatic nitrogens is 5. The van der Waals surface area contributed by atoms with Crippen molar-refractivity contribution < 1.29 is 4.79 Å². The number of carbonyl (C=O) groups is 1. The minimum atomic E-state index is -0.246. The monoisotopic (exact) mass is 519 g/mol. The van der Waals surface area contributed by atoms with Crippen molar-refractivity contribution >= 4 is 51.4 Å². The Kier molecular flexibility index (Phi) is 7.12. The van der Waals surface area contributed by atoms with Crippen LogP contribution in [0.15, 0.2) is 70.2 Å². The molecule has 0 bridgehead atoms. The molecule has 0 unspecified atom stereocenters. The molecular formula is C25H21N5O2S3. The van der Waals surface area contributed by atoms with Crippen LogP contribution in [0.1, 0.15) is 15.4 Å². The van der Waals surface area contributed by atoms with Crippen LogP contribution in [0.3, 0.4) is 0 Å². The Hall–Kier alpha value is -3.21. The summed E-state index contributed by atoms with van der Waals surface area (Å²) in [4.78, 5) is 45.8. The van der Waals surface area contributed by atoms with E-state index in [1.807, 2.05) is 35.7 Å². The van der Waals surface area contributed by atoms with Gasteiger partial charge in [0.25, 0.3) is 5.56 Å². The summed E-state index contributed by atoms with van der Waals surface area (Å²) in [6.07, 6.45) is 3.92. The summed E-state index contributed by atoms with van der Waals surface area (Å²) in [5.74, 6) is 0.220. The quantitative estimate of drug-likeness (QED) is 0.204. The lowest BCUT2D eigenvalue weighted by Gasteiger charge is -2.12. The number of rotatable bonds is 9. The normalized spacial score (nSPS) is 11.2. The number of ketones is 1. The zero-order chi connectivity index (χ0) is 24.2. The predicted molar refractivity (Wildman–Crippen MR) is 141 cm³/mol. The molecule has 1 aromatic carbocycles. The summed E-state index contributed by atoms with van der Waals surface area (Å²) in [5.41, 5.74) is 2.30. The first kappa shape index (κ1) is 23.5. The smallest absolute Gasteiger partial charge is 0.282 e. The van der Waals surface area contributed by atoms with Crippen LogP contribution < -0.4 is 5.56 Å². The highest BCUT2D eigenvalue weighted by Crippen LogP contribution is 2.29. The summed E-state index contributed by atoms with van der Waals surface area (Å²) in [5, 5.41) is 3.25. The van der Waals surface area contributed by atoms with Gasteiger partial charge in [0, 0.05) is 29.2 Å². The second kappa shape index (κ2) is 10.6. The lowest BCUT2D eigenvalue weighted by atomic mass is 10.1. The van der Waals surface area contributed by atoms with Gasteiger partial charge in [0.2, 0.25) is 0 Å². The molecule has 0 saturated carbocycles. The number of nitrogens with zero attached hydrogens (tertiary/aromatic N) is 5. The average molecular weight is 520 g/mol. The van der Waals surface area contributed by atoms with E-state index in [4.69, 9.17) is 0 Å². The largest absolute Gasteiger partial charge is 0.298 e. The number of thioether (sulfide) groups is 1. The minimum absolute atomic E-state index is 0.0290. The first-order valence-electron chi connectivity index (χ1n) is 11.0. The molecule has 5 rings (SSSR count). The second-order valence-electron chi connectivity index (χ2n) is 7.86. The van der Waals surface area contributed by atoms with Gasteiger partial charge in [-0.2, -0.15) is 0 Å². The van der Waals surface area contributed by atoms with E-state index in [2.05, 4.69) is 39.0 Å². The van der Waals surface area contributed by atoms with Crippen molar-refractivity contribution in [2.75, 3.05) is 5.75 Å². The van der Waals surface area contributed by atoms with E-state index in [-0.39, 0.29) is 29.0 Å². The van der Waals surface area contributed by atoms with E-state index in [1.165, 1.54) is 40.4 Å². The van der Waals surface area contributed by atoms with E-state index in [0.29, 0.717) is 23.8 Å². The molecule has 4 aromatic heterocycles. The van der Waals surface area contributed by atoms with Crippen LogP contribution in [0.2, 0.25) is 0 Å². The van der Waals surface area contributed by atoms with Crippen molar-refractivity contribution in [3.05, 3.63) is 86.0 Å². The van der Waals surface area contributed by atoms with Crippen molar-refractivity contribution in [2.24, 2.45) is 0 Å². The molecule has 0 fully saturated rings. The fraction of sp³-hybridized carbons (Fsp3) is 0.200. The first-order chi connectivity index (χ1) is 17.1. The summed E-state index contributed by atoms with van der Waals surface area (Å²) in [6, 6.07) is 14.1. The Morgan fingerprint density at radius 3 is 2.69 bits per heavy atom. The molecule has 7 nitrogen and oxygen atoms in total. The average Bonchev–Trinajstić information content (AvgIpc) is 3.52. The number of carbonyl (C=O) groups excluding carboxylic acids is 1. The molecule has 4 heterocycles. The van der Waals surface area contributed by atoms with Gasteiger partial charge in [0.1, 0.15) is 10.8 Å². The zero-order valence-corrected chi connectivity index (χ0v) is 21.3. The Bertz CT molecular complexity index is 1540. The molecule has 0 aliphatic carbocycles. The highest BCUT2D eigenvalue weighted by atomic mass is 32.2. The lowest BCUT2D eigenvalue weighted by Crippen LogP contribution is -2.25. The van der Waals surface area contributed by atoms with Crippen molar-refractivity contribution in [3.63, 3.8) is 0 Å². The lowest BCUT2D eigenvalue weighted by molar-refractivity contribution is -0.116. The van der Waals surface area contributed by atoms with E-state index in [9.17, 15) is 9.59 Å². The molecule has 176 valence electrons. The van der Waals surface area contributed by atoms with Crippen molar-refractivity contribution in [3.8, 4) is 10.6 Å². The van der Waals surface area contributed by atoms with Crippen LogP contribution in [0, 0.1) is 6.92 Å². The third-order valence-corrected chi connectivity index (χ3v) is 8.19. The molecule has 0 amide bonds. The van der Waals surface area contributed by atoms with Gasteiger partial charge in [-0.15, -0.1) is 22.7 Å². The van der Waals surface area contributed by atoms with Gasteiger partial charge in [0.15, 0.2) is 16.3 Å². The number of thiazole rings is 1. The molecule has 0 radical (unpaired) electrons. The highest BCUT2D eigenvalue weighted by Gasteiger charge is 2.16. The minimum Gasteiger partial charge on any atom is -0.298 e. The third kappa shape index (κ3) is 5.55. The van der Waals surface area contributed by atoms with Crippen LogP contribution in [0.25, 0.3) is 21.7 Å². The van der Waals surface area contributed by atoms with Gasteiger partial charge in [-0.25, -0.2) is 19.9 Å². The molecule has 5 aromatic rings. The number of benzene rings is 1.